The molecule has 3 heterocycles. The first-order valence-corrected chi connectivity index (χ1v) is 6.90. The van der Waals surface area contributed by atoms with E-state index in [1.807, 2.05) is 0 Å². The van der Waals surface area contributed by atoms with Crippen LogP contribution >= 0.6 is 0 Å². The molecule has 0 spiro atoms. The summed E-state index contributed by atoms with van der Waals surface area (Å²) in [7, 11) is 0. The third-order valence-corrected chi connectivity index (χ3v) is 4.07. The van der Waals surface area contributed by atoms with Crippen molar-refractivity contribution in [2.24, 2.45) is 11.8 Å². The molecule has 0 aliphatic carbocycles. The highest BCUT2D eigenvalue weighted by Gasteiger charge is 2.40. The van der Waals surface area contributed by atoms with Crippen LogP contribution in [0.1, 0.15) is 32.1 Å². The molecule has 3 aliphatic rings. The Hall–Kier alpha value is -0.160. The average molecular weight is 242 g/mol. The highest BCUT2D eigenvalue weighted by Crippen LogP contribution is 2.38. The van der Waals surface area contributed by atoms with E-state index in [1.54, 1.807) is 0 Å². The first-order chi connectivity index (χ1) is 8.43. The van der Waals surface area contributed by atoms with E-state index in [-0.39, 0.29) is 12.6 Å². The molecular weight excluding hydrogens is 220 g/mol. The minimum atomic E-state index is 0.0432. The number of hydrogen-bond donors (Lipinski definition) is 0. The Morgan fingerprint density at radius 2 is 1.76 bits per heavy atom. The number of hydrogen-bond acceptors (Lipinski definition) is 4. The molecule has 3 aliphatic heterocycles. The topological polar surface area (TPSA) is 36.9 Å². The van der Waals surface area contributed by atoms with Gasteiger partial charge in [-0.25, -0.2) is 0 Å². The van der Waals surface area contributed by atoms with Crippen molar-refractivity contribution in [1.82, 2.24) is 0 Å². The lowest BCUT2D eigenvalue weighted by Crippen LogP contribution is -2.25. The van der Waals surface area contributed by atoms with Crippen LogP contribution in [0.4, 0.5) is 0 Å². The van der Waals surface area contributed by atoms with Crippen LogP contribution in [-0.4, -0.2) is 39.0 Å². The van der Waals surface area contributed by atoms with Gasteiger partial charge in [-0.15, -0.1) is 0 Å². The molecule has 0 amide bonds. The zero-order valence-electron chi connectivity index (χ0n) is 10.3. The second kappa shape index (κ2) is 5.65. The van der Waals surface area contributed by atoms with Crippen molar-refractivity contribution in [3.05, 3.63) is 0 Å². The van der Waals surface area contributed by atoms with Gasteiger partial charge in [-0.3, -0.25) is 0 Å². The molecule has 4 heteroatoms. The Balaban J connectivity index is 1.36. The fourth-order valence-corrected chi connectivity index (χ4v) is 3.10. The summed E-state index contributed by atoms with van der Waals surface area (Å²) in [5.74, 6) is 1.33. The van der Waals surface area contributed by atoms with E-state index >= 15 is 0 Å². The summed E-state index contributed by atoms with van der Waals surface area (Å²) in [5.41, 5.74) is 0. The molecule has 0 radical (unpaired) electrons. The maximum Gasteiger partial charge on any atom is 0.160 e. The predicted octanol–water partition coefficient (Wildman–Crippen LogP) is 1.93. The van der Waals surface area contributed by atoms with Crippen molar-refractivity contribution in [2.75, 3.05) is 26.4 Å². The molecule has 3 unspecified atom stereocenters. The van der Waals surface area contributed by atoms with E-state index in [4.69, 9.17) is 18.9 Å². The lowest BCUT2D eigenvalue weighted by atomic mass is 9.89. The largest absolute Gasteiger partial charge is 0.353 e. The van der Waals surface area contributed by atoms with Gasteiger partial charge in [0.1, 0.15) is 0 Å². The Bertz CT molecular complexity index is 240. The van der Waals surface area contributed by atoms with Crippen molar-refractivity contribution in [3.8, 4) is 0 Å². The summed E-state index contributed by atoms with van der Waals surface area (Å²) >= 11 is 0. The van der Waals surface area contributed by atoms with Crippen LogP contribution in [0.25, 0.3) is 0 Å². The van der Waals surface area contributed by atoms with Crippen LogP contribution in [0.3, 0.4) is 0 Å². The van der Waals surface area contributed by atoms with Crippen LogP contribution in [0.15, 0.2) is 0 Å². The third-order valence-electron chi connectivity index (χ3n) is 4.07. The number of ether oxygens (including phenoxy) is 4. The van der Waals surface area contributed by atoms with Gasteiger partial charge >= 0.3 is 0 Å². The molecule has 0 aromatic carbocycles. The zero-order chi connectivity index (χ0) is 11.5. The normalized spacial score (nSPS) is 38.5. The SMILES string of the molecule is C1COC(CCCC2COC3OCCC23)OC1. The van der Waals surface area contributed by atoms with Crippen LogP contribution < -0.4 is 0 Å². The van der Waals surface area contributed by atoms with E-state index < -0.39 is 0 Å². The quantitative estimate of drug-likeness (QED) is 0.755. The van der Waals surface area contributed by atoms with Gasteiger partial charge in [-0.05, 0) is 38.0 Å². The Morgan fingerprint density at radius 1 is 0.882 bits per heavy atom. The molecule has 0 bridgehead atoms. The van der Waals surface area contributed by atoms with Gasteiger partial charge in [0.15, 0.2) is 12.6 Å². The molecule has 0 aromatic rings. The second-order valence-electron chi connectivity index (χ2n) is 5.24. The summed E-state index contributed by atoms with van der Waals surface area (Å²) in [4.78, 5) is 0. The van der Waals surface area contributed by atoms with Gasteiger partial charge in [-0.1, -0.05) is 0 Å². The fraction of sp³-hybridized carbons (Fsp3) is 1.00. The molecule has 0 aromatic heterocycles. The minimum Gasteiger partial charge on any atom is -0.353 e. The van der Waals surface area contributed by atoms with Crippen LogP contribution in [0, 0.1) is 11.8 Å². The van der Waals surface area contributed by atoms with E-state index in [0.29, 0.717) is 11.8 Å². The third kappa shape index (κ3) is 2.81. The van der Waals surface area contributed by atoms with Gasteiger partial charge in [0.05, 0.1) is 26.4 Å². The van der Waals surface area contributed by atoms with Crippen molar-refractivity contribution in [3.63, 3.8) is 0 Å². The molecule has 4 nitrogen and oxygen atoms in total. The molecule has 3 fully saturated rings. The fourth-order valence-electron chi connectivity index (χ4n) is 3.10. The van der Waals surface area contributed by atoms with E-state index in [0.717, 1.165) is 39.3 Å². The monoisotopic (exact) mass is 242 g/mol. The molecular formula is C13H22O4. The molecule has 3 rings (SSSR count). The van der Waals surface area contributed by atoms with E-state index in [1.165, 1.54) is 19.3 Å². The lowest BCUT2D eigenvalue weighted by molar-refractivity contribution is -0.181. The Labute approximate surface area is 103 Å². The molecule has 0 saturated carbocycles. The van der Waals surface area contributed by atoms with E-state index in [2.05, 4.69) is 0 Å². The second-order valence-corrected chi connectivity index (χ2v) is 5.24. The predicted molar refractivity (Wildman–Crippen MR) is 61.4 cm³/mol. The van der Waals surface area contributed by atoms with Crippen molar-refractivity contribution in [1.29, 1.82) is 0 Å². The van der Waals surface area contributed by atoms with E-state index in [9.17, 15) is 0 Å². The van der Waals surface area contributed by atoms with Crippen LogP contribution in [0.5, 0.6) is 0 Å². The van der Waals surface area contributed by atoms with Gasteiger partial charge in [0.2, 0.25) is 0 Å². The van der Waals surface area contributed by atoms with Crippen molar-refractivity contribution >= 4 is 0 Å². The van der Waals surface area contributed by atoms with Crippen molar-refractivity contribution < 1.29 is 18.9 Å². The summed E-state index contributed by atoms with van der Waals surface area (Å²) in [5, 5.41) is 0. The number of rotatable bonds is 4. The number of fused-ring (bicyclic) bond motifs is 1. The molecule has 98 valence electrons. The average Bonchev–Trinajstić information content (AvgIpc) is 2.95. The minimum absolute atomic E-state index is 0.0432. The summed E-state index contributed by atoms with van der Waals surface area (Å²) in [6.07, 6.45) is 5.76. The van der Waals surface area contributed by atoms with Crippen LogP contribution in [-0.2, 0) is 18.9 Å². The van der Waals surface area contributed by atoms with Gasteiger partial charge < -0.3 is 18.9 Å². The summed E-state index contributed by atoms with van der Waals surface area (Å²) in [6.45, 7) is 3.47. The first-order valence-electron chi connectivity index (χ1n) is 6.90. The first kappa shape index (κ1) is 11.9. The van der Waals surface area contributed by atoms with Gasteiger partial charge in [0.25, 0.3) is 0 Å². The van der Waals surface area contributed by atoms with Gasteiger partial charge in [0, 0.05) is 5.92 Å². The van der Waals surface area contributed by atoms with Crippen LogP contribution in [0.2, 0.25) is 0 Å². The molecule has 0 N–H and O–H groups in total. The highest BCUT2D eigenvalue weighted by molar-refractivity contribution is 4.82. The summed E-state index contributed by atoms with van der Waals surface area (Å²) in [6, 6.07) is 0. The molecule has 3 saturated heterocycles. The Kier molecular flexibility index (Phi) is 3.96. The zero-order valence-corrected chi connectivity index (χ0v) is 10.3. The smallest absolute Gasteiger partial charge is 0.160 e. The maximum absolute atomic E-state index is 5.65. The maximum atomic E-state index is 5.65. The standard InChI is InChI=1S/C13H22O4/c1(4-12-14-6-2-7-15-12)3-10-9-17-13-11(10)5-8-16-13/h10-13H,1-9H2. The Morgan fingerprint density at radius 3 is 2.65 bits per heavy atom. The highest BCUT2D eigenvalue weighted by atomic mass is 16.7. The summed E-state index contributed by atoms with van der Waals surface area (Å²) < 4.78 is 22.3. The molecule has 3 atom stereocenters. The molecule has 17 heavy (non-hydrogen) atoms. The van der Waals surface area contributed by atoms with Gasteiger partial charge in [-0.2, -0.15) is 0 Å². The van der Waals surface area contributed by atoms with Crippen molar-refractivity contribution in [2.45, 2.75) is 44.7 Å². The lowest BCUT2D eigenvalue weighted by Gasteiger charge is -2.23.